The highest BCUT2D eigenvalue weighted by molar-refractivity contribution is 5.66. The molecule has 16 bridgehead atoms. The van der Waals surface area contributed by atoms with Gasteiger partial charge >= 0.3 is 5.97 Å². The molecule has 0 aliphatic heterocycles. The predicted octanol–water partition coefficient (Wildman–Crippen LogP) is 23.1. The van der Waals surface area contributed by atoms with E-state index in [1.165, 1.54) is 75.8 Å². The molecule has 25 aliphatic carbocycles. The maximum Gasteiger partial charge on any atom is 0.303 e. The Morgan fingerprint density at radius 1 is 0.301 bits per heavy atom. The van der Waals surface area contributed by atoms with Gasteiger partial charge in [0.15, 0.2) is 0 Å². The molecule has 0 radical (unpaired) electrons. The number of esters is 1. The lowest BCUT2D eigenvalue weighted by Crippen LogP contribution is -2.27. The molecule has 39 atom stereocenters. The molecule has 0 spiro atoms. The Balaban J connectivity index is 0.0000000802. The van der Waals surface area contributed by atoms with Crippen molar-refractivity contribution >= 4 is 12.0 Å². The van der Waals surface area contributed by atoms with E-state index in [2.05, 4.69) is 285 Å². The quantitative estimate of drug-likeness (QED) is 0.210. The minimum Gasteiger partial charge on any atom is -0.458 e. The van der Waals surface area contributed by atoms with Gasteiger partial charge in [0.1, 0.15) is 6.10 Å². The predicted molar refractivity (Wildman–Crippen MR) is 425 cm³/mol. The number of benzene rings is 2. The Bertz CT molecular complexity index is 3640. The molecule has 25 aliphatic rings. The van der Waals surface area contributed by atoms with Gasteiger partial charge in [-0.25, -0.2) is 0 Å². The van der Waals surface area contributed by atoms with Crippen LogP contribution >= 0.6 is 0 Å². The molecule has 2 heteroatoms. The van der Waals surface area contributed by atoms with Crippen molar-refractivity contribution in [3.63, 3.8) is 0 Å². The van der Waals surface area contributed by atoms with Crippen LogP contribution in [0.5, 0.6) is 0 Å². The van der Waals surface area contributed by atoms with Gasteiger partial charge in [-0.05, 0) is 312 Å². The van der Waals surface area contributed by atoms with Crippen LogP contribution in [0.3, 0.4) is 0 Å². The molecule has 39 unspecified atom stereocenters. The molecule has 8 fully saturated rings. The average molecular weight is 1370 g/mol. The van der Waals surface area contributed by atoms with Gasteiger partial charge in [-0.3, -0.25) is 4.79 Å². The summed E-state index contributed by atoms with van der Waals surface area (Å²) in [7, 11) is 0. The second-order valence-electron chi connectivity index (χ2n) is 38.0. The highest BCUT2D eigenvalue weighted by Gasteiger charge is 2.54. The number of carbonyl (C=O) groups is 1. The number of rotatable bonds is 1. The summed E-state index contributed by atoms with van der Waals surface area (Å²) >= 11 is 0. The topological polar surface area (TPSA) is 26.3 Å². The van der Waals surface area contributed by atoms with Crippen molar-refractivity contribution in [3.05, 3.63) is 259 Å². The highest BCUT2D eigenvalue weighted by atomic mass is 16.5. The molecule has 0 amide bonds. The van der Waals surface area contributed by atoms with Gasteiger partial charge in [0.05, 0.1) is 0 Å². The van der Waals surface area contributed by atoms with Crippen LogP contribution in [0.1, 0.15) is 128 Å². The van der Waals surface area contributed by atoms with E-state index in [0.717, 1.165) is 208 Å². The average Bonchev–Trinajstić information content (AvgIpc) is 1.58. The number of fused-ring (bicyclic) bond motifs is 43. The van der Waals surface area contributed by atoms with E-state index in [9.17, 15) is 4.79 Å². The van der Waals surface area contributed by atoms with Gasteiger partial charge in [0, 0.05) is 12.8 Å². The summed E-state index contributed by atoms with van der Waals surface area (Å²) in [5.41, 5.74) is 6.13. The van der Waals surface area contributed by atoms with Crippen molar-refractivity contribution in [1.29, 1.82) is 0 Å². The lowest BCUT2D eigenvalue weighted by molar-refractivity contribution is -0.146. The molecule has 103 heavy (non-hydrogen) atoms. The Labute approximate surface area is 620 Å². The zero-order valence-electron chi connectivity index (χ0n) is 63.0. The number of ether oxygens (including phenoxy) is 1. The lowest BCUT2D eigenvalue weighted by Gasteiger charge is -2.25. The summed E-state index contributed by atoms with van der Waals surface area (Å²) in [6, 6.07) is 17.6. The third-order valence-electron chi connectivity index (χ3n) is 32.9. The molecular formula is C101H120O2. The van der Waals surface area contributed by atoms with Crippen molar-refractivity contribution < 1.29 is 9.53 Å². The van der Waals surface area contributed by atoms with E-state index in [1.54, 1.807) is 11.1 Å². The van der Waals surface area contributed by atoms with E-state index < -0.39 is 0 Å². The highest BCUT2D eigenvalue weighted by Crippen LogP contribution is 2.62. The van der Waals surface area contributed by atoms with Crippen LogP contribution in [0, 0.1) is 219 Å². The van der Waals surface area contributed by atoms with Gasteiger partial charge in [0.25, 0.3) is 0 Å². The van der Waals surface area contributed by atoms with Gasteiger partial charge in [-0.1, -0.05) is 278 Å². The van der Waals surface area contributed by atoms with Crippen LogP contribution in [0.4, 0.5) is 0 Å². The van der Waals surface area contributed by atoms with Crippen LogP contribution in [0.25, 0.3) is 6.08 Å². The monoisotopic (exact) mass is 1360 g/mol. The summed E-state index contributed by atoms with van der Waals surface area (Å²) in [4.78, 5) is 10.9. The number of hydrogen-bond donors (Lipinski definition) is 0. The first-order chi connectivity index (χ1) is 50.3. The fourth-order valence-corrected chi connectivity index (χ4v) is 28.5. The summed E-state index contributed by atoms with van der Waals surface area (Å²) in [5.74, 6) is 33.4. The summed E-state index contributed by atoms with van der Waals surface area (Å²) < 4.78 is 5.32. The van der Waals surface area contributed by atoms with Crippen LogP contribution in [-0.4, -0.2) is 12.1 Å². The van der Waals surface area contributed by atoms with Crippen LogP contribution < -0.4 is 0 Å². The van der Waals surface area contributed by atoms with Crippen molar-refractivity contribution in [2.75, 3.05) is 0 Å². The van der Waals surface area contributed by atoms with E-state index in [1.807, 2.05) is 0 Å². The molecular weight excluding hydrogens is 1250 g/mol. The Hall–Kier alpha value is -6.25. The van der Waals surface area contributed by atoms with Gasteiger partial charge < -0.3 is 4.74 Å². The van der Waals surface area contributed by atoms with E-state index in [0.29, 0.717) is 23.7 Å². The maximum atomic E-state index is 10.9. The smallest absolute Gasteiger partial charge is 0.303 e. The van der Waals surface area contributed by atoms with Crippen LogP contribution in [0.2, 0.25) is 0 Å². The fourth-order valence-electron chi connectivity index (χ4n) is 28.5. The fraction of sp³-hybridized carbons (Fsp3) is 0.554. The minimum absolute atomic E-state index is 0.0393. The summed E-state index contributed by atoms with van der Waals surface area (Å²) in [6.07, 6.45) is 90.8. The Morgan fingerprint density at radius 3 is 0.951 bits per heavy atom. The van der Waals surface area contributed by atoms with Crippen LogP contribution in [0.15, 0.2) is 237 Å². The standard InChI is InChI=1S/C14H14.C12H14O2.6C11H14.C9H8/c1-2-4-12-9(3-1)8-13-10-5-6-11(7-10)14(12)13;1-7(13)14-11-5-4-10-8-2-3-9(6-8)12(10)11;6*1-7-2-5-10-8-3-4-9(6-8)11(7)10;1-2-5-9-7-3-6-8(9)4-1/h1-6,10-11,13-14H,7-8H2;2-5,8-12H,6H2,1H3;6*2-5,7-11H,6H2,1H3;1-6H,7H2. The molecule has 0 saturated heterocycles. The van der Waals surface area contributed by atoms with Crippen molar-refractivity contribution in [2.24, 2.45) is 219 Å². The van der Waals surface area contributed by atoms with Gasteiger partial charge in [-0.2, -0.15) is 0 Å². The third-order valence-corrected chi connectivity index (χ3v) is 32.9. The first kappa shape index (κ1) is 67.4. The Kier molecular flexibility index (Phi) is 18.0. The Morgan fingerprint density at radius 2 is 0.592 bits per heavy atom. The largest absolute Gasteiger partial charge is 0.458 e. The third kappa shape index (κ3) is 12.0. The second kappa shape index (κ2) is 27.5. The number of allylic oxidation sites excluding steroid dienone is 30. The molecule has 0 heterocycles. The summed E-state index contributed by atoms with van der Waals surface area (Å²) in [6.45, 7) is 15.7. The first-order valence-corrected chi connectivity index (χ1v) is 42.6. The molecule has 2 aromatic carbocycles. The van der Waals surface area contributed by atoms with Crippen molar-refractivity contribution in [3.8, 4) is 0 Å². The first-order valence-electron chi connectivity index (χ1n) is 42.6. The van der Waals surface area contributed by atoms with Gasteiger partial charge in [0.2, 0.25) is 0 Å². The molecule has 536 valence electrons. The molecule has 2 aromatic rings. The molecule has 0 aromatic heterocycles. The molecule has 8 saturated carbocycles. The number of hydrogen-bond acceptors (Lipinski definition) is 2. The molecule has 2 nitrogen and oxygen atoms in total. The van der Waals surface area contributed by atoms with E-state index in [-0.39, 0.29) is 12.1 Å². The number of carbonyl (C=O) groups excluding carboxylic acids is 1. The van der Waals surface area contributed by atoms with E-state index in [4.69, 9.17) is 4.74 Å². The van der Waals surface area contributed by atoms with E-state index >= 15 is 0 Å². The van der Waals surface area contributed by atoms with Crippen LogP contribution in [-0.2, 0) is 22.4 Å². The van der Waals surface area contributed by atoms with Gasteiger partial charge in [-0.15, -0.1) is 0 Å². The molecule has 0 N–H and O–H groups in total. The normalized spacial score (nSPS) is 50.0. The lowest BCUT2D eigenvalue weighted by atomic mass is 9.81. The van der Waals surface area contributed by atoms with Crippen molar-refractivity contribution in [1.82, 2.24) is 0 Å². The second-order valence-corrected chi connectivity index (χ2v) is 38.0. The molecule has 27 rings (SSSR count). The maximum absolute atomic E-state index is 10.9. The zero-order valence-corrected chi connectivity index (χ0v) is 63.0. The minimum atomic E-state index is -0.160. The van der Waals surface area contributed by atoms with Crippen molar-refractivity contribution in [2.45, 2.75) is 125 Å². The zero-order chi connectivity index (χ0) is 69.5. The SMILES string of the molecule is C1=CC2CC1C1Cc3ccccc3C21.C1=Cc2ccccc2C1.CC(=O)OC1C=CC2C3C=CC(C3)C12.CC1C=CC2C3C=CC(C3)C12.CC1C=CC2C3C=CC(C3)C12.CC1C=CC2C3C=CC(C3)C12.CC1C=CC2C3C=CC(C3)C12.CC1C=CC2C3C=CC(C3)C12.CC1C=CC2C3C=CC(C3)C12. The summed E-state index contributed by atoms with van der Waals surface area (Å²) in [5, 5.41) is 0.